The van der Waals surface area contributed by atoms with E-state index < -0.39 is 5.97 Å². The van der Waals surface area contributed by atoms with E-state index in [2.05, 4.69) is 15.2 Å². The Morgan fingerprint density at radius 2 is 2.40 bits per heavy atom. The molecular formula is C9H9N3O3. The molecule has 0 unspecified atom stereocenters. The summed E-state index contributed by atoms with van der Waals surface area (Å²) in [5.74, 6) is -0.712. The van der Waals surface area contributed by atoms with E-state index in [1.165, 1.54) is 0 Å². The number of aromatic nitrogens is 3. The van der Waals surface area contributed by atoms with Crippen molar-refractivity contribution in [2.75, 3.05) is 6.61 Å². The minimum Gasteiger partial charge on any atom is -0.478 e. The highest BCUT2D eigenvalue weighted by molar-refractivity contribution is 5.98. The van der Waals surface area contributed by atoms with E-state index in [1.807, 2.05) is 6.92 Å². The number of carboxylic acids is 1. The highest BCUT2D eigenvalue weighted by Gasteiger charge is 2.14. The van der Waals surface area contributed by atoms with Crippen molar-refractivity contribution in [3.8, 4) is 5.88 Å². The molecule has 0 saturated carbocycles. The van der Waals surface area contributed by atoms with Crippen LogP contribution in [0.1, 0.15) is 17.4 Å². The van der Waals surface area contributed by atoms with E-state index in [-0.39, 0.29) is 5.69 Å². The number of aromatic amines is 1. The average Bonchev–Trinajstić information content (AvgIpc) is 2.61. The van der Waals surface area contributed by atoms with Gasteiger partial charge < -0.3 is 9.84 Å². The minimum absolute atomic E-state index is 0.0912. The molecule has 0 aliphatic rings. The van der Waals surface area contributed by atoms with Gasteiger partial charge in [-0.1, -0.05) is 0 Å². The first-order valence-electron chi connectivity index (χ1n) is 4.43. The lowest BCUT2D eigenvalue weighted by Crippen LogP contribution is -1.99. The summed E-state index contributed by atoms with van der Waals surface area (Å²) >= 11 is 0. The largest absolute Gasteiger partial charge is 0.478 e. The van der Waals surface area contributed by atoms with E-state index in [1.54, 1.807) is 12.1 Å². The molecule has 2 rings (SSSR count). The molecule has 6 heteroatoms. The lowest BCUT2D eigenvalue weighted by Gasteiger charge is -2.00. The fourth-order valence-electron chi connectivity index (χ4n) is 1.26. The zero-order valence-corrected chi connectivity index (χ0v) is 8.02. The summed E-state index contributed by atoms with van der Waals surface area (Å²) in [6, 6.07) is 3.35. The van der Waals surface area contributed by atoms with Gasteiger partial charge in [0.25, 0.3) is 0 Å². The number of ether oxygens (including phenoxy) is 1. The second kappa shape index (κ2) is 3.56. The zero-order valence-electron chi connectivity index (χ0n) is 8.02. The summed E-state index contributed by atoms with van der Waals surface area (Å²) in [5, 5.41) is 15.1. The highest BCUT2D eigenvalue weighted by Crippen LogP contribution is 2.17. The first-order chi connectivity index (χ1) is 7.22. The fraction of sp³-hybridized carbons (Fsp3) is 0.222. The SMILES string of the molecule is CCOc1ccc2[nH]nc(C(=O)O)c2n1. The molecule has 78 valence electrons. The summed E-state index contributed by atoms with van der Waals surface area (Å²) in [7, 11) is 0. The zero-order chi connectivity index (χ0) is 10.8. The number of H-pyrrole nitrogens is 1. The van der Waals surface area contributed by atoms with Gasteiger partial charge in [0, 0.05) is 6.07 Å². The van der Waals surface area contributed by atoms with Gasteiger partial charge in [0.2, 0.25) is 5.88 Å². The van der Waals surface area contributed by atoms with Gasteiger partial charge in [-0.2, -0.15) is 5.10 Å². The number of aromatic carboxylic acids is 1. The van der Waals surface area contributed by atoms with Gasteiger partial charge in [0.1, 0.15) is 5.52 Å². The number of carbonyl (C=O) groups is 1. The molecule has 0 aromatic carbocycles. The Hall–Kier alpha value is -2.11. The maximum Gasteiger partial charge on any atom is 0.358 e. The summed E-state index contributed by atoms with van der Waals surface area (Å²) < 4.78 is 5.17. The van der Waals surface area contributed by atoms with Crippen LogP contribution < -0.4 is 4.74 Å². The molecule has 0 fully saturated rings. The van der Waals surface area contributed by atoms with E-state index in [0.29, 0.717) is 23.5 Å². The molecular weight excluding hydrogens is 198 g/mol. The van der Waals surface area contributed by atoms with Crippen LogP contribution in [0.25, 0.3) is 11.0 Å². The number of fused-ring (bicyclic) bond motifs is 1. The van der Waals surface area contributed by atoms with Gasteiger partial charge in [-0.25, -0.2) is 9.78 Å². The molecule has 0 saturated heterocycles. The first-order valence-corrected chi connectivity index (χ1v) is 4.43. The van der Waals surface area contributed by atoms with Crippen LogP contribution in [0.3, 0.4) is 0 Å². The van der Waals surface area contributed by atoms with Gasteiger partial charge in [-0.15, -0.1) is 0 Å². The van der Waals surface area contributed by atoms with Crippen LogP contribution in [0, 0.1) is 0 Å². The predicted octanol–water partition coefficient (Wildman–Crippen LogP) is 1.05. The van der Waals surface area contributed by atoms with Gasteiger partial charge in [-0.05, 0) is 13.0 Å². The molecule has 0 aliphatic carbocycles. The number of hydrogen-bond donors (Lipinski definition) is 2. The summed E-state index contributed by atoms with van der Waals surface area (Å²) in [4.78, 5) is 14.8. The molecule has 0 spiro atoms. The summed E-state index contributed by atoms with van der Waals surface area (Å²) in [6.07, 6.45) is 0. The van der Waals surface area contributed by atoms with Crippen LogP contribution in [0.15, 0.2) is 12.1 Å². The van der Waals surface area contributed by atoms with E-state index >= 15 is 0 Å². The van der Waals surface area contributed by atoms with Crippen molar-refractivity contribution in [1.82, 2.24) is 15.2 Å². The van der Waals surface area contributed by atoms with Crippen molar-refractivity contribution < 1.29 is 14.6 Å². The van der Waals surface area contributed by atoms with Gasteiger partial charge in [0.15, 0.2) is 5.69 Å². The number of pyridine rings is 1. The van der Waals surface area contributed by atoms with Crippen molar-refractivity contribution >= 4 is 17.0 Å². The van der Waals surface area contributed by atoms with Crippen LogP contribution in [-0.2, 0) is 0 Å². The maximum atomic E-state index is 10.8. The predicted molar refractivity (Wildman–Crippen MR) is 52.0 cm³/mol. The second-order valence-electron chi connectivity index (χ2n) is 2.86. The molecule has 0 radical (unpaired) electrons. The molecule has 6 nitrogen and oxygen atoms in total. The van der Waals surface area contributed by atoms with Crippen molar-refractivity contribution in [3.05, 3.63) is 17.8 Å². The molecule has 2 aromatic heterocycles. The number of hydrogen-bond acceptors (Lipinski definition) is 4. The number of rotatable bonds is 3. The van der Waals surface area contributed by atoms with E-state index in [9.17, 15) is 4.79 Å². The minimum atomic E-state index is -1.11. The third-order valence-electron chi connectivity index (χ3n) is 1.88. The van der Waals surface area contributed by atoms with Crippen LogP contribution in [0.4, 0.5) is 0 Å². The van der Waals surface area contributed by atoms with Crippen molar-refractivity contribution in [2.24, 2.45) is 0 Å². The third kappa shape index (κ3) is 1.61. The lowest BCUT2D eigenvalue weighted by molar-refractivity contribution is 0.0692. The average molecular weight is 207 g/mol. The van der Waals surface area contributed by atoms with E-state index in [4.69, 9.17) is 9.84 Å². The smallest absolute Gasteiger partial charge is 0.358 e. The topological polar surface area (TPSA) is 88.1 Å². The highest BCUT2D eigenvalue weighted by atomic mass is 16.5. The number of nitrogens with zero attached hydrogens (tertiary/aromatic N) is 2. The molecule has 0 aliphatic heterocycles. The Morgan fingerprint density at radius 3 is 3.07 bits per heavy atom. The molecule has 15 heavy (non-hydrogen) atoms. The summed E-state index contributed by atoms with van der Waals surface area (Å²) in [5.41, 5.74) is 0.802. The Morgan fingerprint density at radius 1 is 1.60 bits per heavy atom. The van der Waals surface area contributed by atoms with Crippen molar-refractivity contribution in [1.29, 1.82) is 0 Å². The standard InChI is InChI=1S/C9H9N3O3/c1-2-15-6-4-3-5-7(10-6)8(9(13)14)12-11-5/h3-4H,2H2,1H3,(H,11,12)(H,13,14). The van der Waals surface area contributed by atoms with Crippen molar-refractivity contribution in [3.63, 3.8) is 0 Å². The first kappa shape index (κ1) is 9.45. The van der Waals surface area contributed by atoms with Crippen LogP contribution >= 0.6 is 0 Å². The Balaban J connectivity index is 2.56. The van der Waals surface area contributed by atoms with Crippen LogP contribution in [0.5, 0.6) is 5.88 Å². The van der Waals surface area contributed by atoms with Gasteiger partial charge >= 0.3 is 5.97 Å². The van der Waals surface area contributed by atoms with Gasteiger partial charge in [0.05, 0.1) is 12.1 Å². The quantitative estimate of drug-likeness (QED) is 0.785. The van der Waals surface area contributed by atoms with Gasteiger partial charge in [-0.3, -0.25) is 5.10 Å². The Bertz CT molecular complexity index is 506. The van der Waals surface area contributed by atoms with E-state index in [0.717, 1.165) is 0 Å². The Kier molecular flexibility index (Phi) is 2.24. The van der Waals surface area contributed by atoms with Crippen molar-refractivity contribution in [2.45, 2.75) is 6.92 Å². The van der Waals surface area contributed by atoms with Crippen LogP contribution in [0.2, 0.25) is 0 Å². The lowest BCUT2D eigenvalue weighted by atomic mass is 10.3. The fourth-order valence-corrected chi connectivity index (χ4v) is 1.26. The molecule has 0 bridgehead atoms. The number of nitrogens with one attached hydrogen (secondary N) is 1. The monoisotopic (exact) mass is 207 g/mol. The summed E-state index contributed by atoms with van der Waals surface area (Å²) in [6.45, 7) is 2.32. The van der Waals surface area contributed by atoms with Crippen LogP contribution in [-0.4, -0.2) is 32.9 Å². The number of carboxylic acid groups (broad SMARTS) is 1. The maximum absolute atomic E-state index is 10.8. The molecule has 2 N–H and O–H groups in total. The normalized spacial score (nSPS) is 10.5. The third-order valence-corrected chi connectivity index (χ3v) is 1.88. The molecule has 0 amide bonds. The molecule has 0 atom stereocenters. The Labute approximate surface area is 84.9 Å². The molecule has 2 heterocycles. The molecule has 2 aromatic rings. The second-order valence-corrected chi connectivity index (χ2v) is 2.86.